The van der Waals surface area contributed by atoms with E-state index in [4.69, 9.17) is 0 Å². The van der Waals surface area contributed by atoms with Crippen molar-refractivity contribution in [3.05, 3.63) is 32.2 Å². The molecule has 0 radical (unpaired) electrons. The number of rotatable bonds is 0. The molecule has 0 amide bonds. The molecule has 0 aliphatic carbocycles. The Morgan fingerprint density at radius 1 is 1.27 bits per heavy atom. The lowest BCUT2D eigenvalue weighted by atomic mass is 10.2. The molecule has 11 heavy (non-hydrogen) atoms. The maximum absolute atomic E-state index is 12.7. The van der Waals surface area contributed by atoms with Gasteiger partial charge in [0.25, 0.3) is 0 Å². The third kappa shape index (κ3) is 1.62. The topological polar surface area (TPSA) is 0 Å². The Hall–Kier alpha value is 0.0400. The highest BCUT2D eigenvalue weighted by Crippen LogP contribution is 2.28. The molecule has 60 valence electrons. The van der Waals surface area contributed by atoms with Gasteiger partial charge in [-0.1, -0.05) is 15.9 Å². The Morgan fingerprint density at radius 2 is 1.82 bits per heavy atom. The highest BCUT2D eigenvalue weighted by molar-refractivity contribution is 9.11. The molecule has 0 bridgehead atoms. The van der Waals surface area contributed by atoms with Gasteiger partial charge in [-0.3, -0.25) is 0 Å². The molecule has 1 aromatic rings. The molecule has 0 spiro atoms. The van der Waals surface area contributed by atoms with Crippen molar-refractivity contribution in [2.24, 2.45) is 0 Å². The first-order valence-electron chi connectivity index (χ1n) is 2.83. The standard InChI is InChI=1S/C7H4Br2F2/c1-3-4(8)2-5(10)7(11)6(3)9/h2H,1H3. The molecule has 0 aromatic heterocycles. The van der Waals surface area contributed by atoms with Gasteiger partial charge in [-0.05, 0) is 34.5 Å². The van der Waals surface area contributed by atoms with Crippen LogP contribution >= 0.6 is 31.9 Å². The zero-order valence-electron chi connectivity index (χ0n) is 5.59. The minimum atomic E-state index is -0.852. The van der Waals surface area contributed by atoms with Crippen molar-refractivity contribution >= 4 is 31.9 Å². The van der Waals surface area contributed by atoms with E-state index in [9.17, 15) is 8.78 Å². The Bertz CT molecular complexity index is 271. The Balaban J connectivity index is 3.46. The maximum atomic E-state index is 12.7. The van der Waals surface area contributed by atoms with Crippen LogP contribution in [0.1, 0.15) is 5.56 Å². The summed E-state index contributed by atoms with van der Waals surface area (Å²) in [5.74, 6) is -1.69. The molecule has 0 saturated carbocycles. The molecule has 4 heteroatoms. The average Bonchev–Trinajstić information content (AvgIpc) is 1.97. The normalized spacial score (nSPS) is 10.3. The van der Waals surface area contributed by atoms with Gasteiger partial charge in [-0.25, -0.2) is 8.78 Å². The van der Waals surface area contributed by atoms with Crippen molar-refractivity contribution in [3.63, 3.8) is 0 Å². The Kier molecular flexibility index (Phi) is 2.65. The minimum Gasteiger partial charge on any atom is -0.204 e. The van der Waals surface area contributed by atoms with Crippen LogP contribution in [0.5, 0.6) is 0 Å². The van der Waals surface area contributed by atoms with Gasteiger partial charge in [0.1, 0.15) is 0 Å². The fourth-order valence-electron chi connectivity index (χ4n) is 0.657. The summed E-state index contributed by atoms with van der Waals surface area (Å²) < 4.78 is 26.0. The second-order valence-electron chi connectivity index (χ2n) is 2.09. The van der Waals surface area contributed by atoms with Crippen LogP contribution in [0, 0.1) is 18.6 Å². The van der Waals surface area contributed by atoms with Gasteiger partial charge >= 0.3 is 0 Å². The lowest BCUT2D eigenvalue weighted by molar-refractivity contribution is 0.502. The summed E-state index contributed by atoms with van der Waals surface area (Å²) >= 11 is 6.03. The molecule has 0 nitrogen and oxygen atoms in total. The molecule has 0 aliphatic rings. The largest absolute Gasteiger partial charge is 0.204 e. The first-order valence-corrected chi connectivity index (χ1v) is 4.42. The van der Waals surface area contributed by atoms with Gasteiger partial charge in [0.2, 0.25) is 0 Å². The van der Waals surface area contributed by atoms with Crippen molar-refractivity contribution in [1.82, 2.24) is 0 Å². The quantitative estimate of drug-likeness (QED) is 0.502. The predicted octanol–water partition coefficient (Wildman–Crippen LogP) is 3.80. The summed E-state index contributed by atoms with van der Waals surface area (Å²) in [7, 11) is 0. The zero-order chi connectivity index (χ0) is 8.59. The van der Waals surface area contributed by atoms with E-state index in [2.05, 4.69) is 31.9 Å². The van der Waals surface area contributed by atoms with Crippen molar-refractivity contribution in [1.29, 1.82) is 0 Å². The smallest absolute Gasteiger partial charge is 0.173 e. The number of hydrogen-bond acceptors (Lipinski definition) is 0. The third-order valence-corrected chi connectivity index (χ3v) is 3.11. The van der Waals surface area contributed by atoms with E-state index in [0.717, 1.165) is 6.07 Å². The average molecular weight is 286 g/mol. The molecule has 0 fully saturated rings. The van der Waals surface area contributed by atoms with E-state index in [0.29, 0.717) is 10.0 Å². The molecule has 0 heterocycles. The molecule has 1 aromatic carbocycles. The minimum absolute atomic E-state index is 0.171. The summed E-state index contributed by atoms with van der Waals surface area (Å²) in [6.07, 6.45) is 0. The maximum Gasteiger partial charge on any atom is 0.173 e. The third-order valence-electron chi connectivity index (χ3n) is 1.34. The lowest BCUT2D eigenvalue weighted by Crippen LogP contribution is -1.89. The van der Waals surface area contributed by atoms with Gasteiger partial charge in [-0.2, -0.15) is 0 Å². The molecule has 0 unspecified atom stereocenters. The van der Waals surface area contributed by atoms with E-state index in [1.807, 2.05) is 0 Å². The second kappa shape index (κ2) is 3.19. The van der Waals surface area contributed by atoms with Gasteiger partial charge in [0.05, 0.1) is 4.47 Å². The van der Waals surface area contributed by atoms with Crippen LogP contribution in [0.25, 0.3) is 0 Å². The van der Waals surface area contributed by atoms with Crippen molar-refractivity contribution < 1.29 is 8.78 Å². The molecule has 0 atom stereocenters. The summed E-state index contributed by atoms with van der Waals surface area (Å²) in [5.41, 5.74) is 0.656. The van der Waals surface area contributed by atoms with Crippen LogP contribution in [0.2, 0.25) is 0 Å². The van der Waals surface area contributed by atoms with Gasteiger partial charge in [0.15, 0.2) is 11.6 Å². The fraction of sp³-hybridized carbons (Fsp3) is 0.143. The van der Waals surface area contributed by atoms with Crippen LogP contribution in [0.3, 0.4) is 0 Å². The van der Waals surface area contributed by atoms with Gasteiger partial charge in [-0.15, -0.1) is 0 Å². The highest BCUT2D eigenvalue weighted by Gasteiger charge is 2.11. The summed E-state index contributed by atoms with van der Waals surface area (Å²) in [6.45, 7) is 1.69. The van der Waals surface area contributed by atoms with E-state index in [1.165, 1.54) is 0 Å². The van der Waals surface area contributed by atoms with Crippen LogP contribution in [-0.4, -0.2) is 0 Å². The first-order chi connectivity index (χ1) is 5.04. The first kappa shape index (κ1) is 9.13. The van der Waals surface area contributed by atoms with Crippen molar-refractivity contribution in [3.8, 4) is 0 Å². The van der Waals surface area contributed by atoms with Crippen LogP contribution in [0.4, 0.5) is 8.78 Å². The number of benzene rings is 1. The monoisotopic (exact) mass is 284 g/mol. The number of hydrogen-bond donors (Lipinski definition) is 0. The molecule has 1 rings (SSSR count). The fourth-order valence-corrected chi connectivity index (χ4v) is 1.73. The summed E-state index contributed by atoms with van der Waals surface area (Å²) in [6, 6.07) is 1.11. The van der Waals surface area contributed by atoms with Crippen LogP contribution in [0.15, 0.2) is 15.0 Å². The predicted molar refractivity (Wildman–Crippen MR) is 46.5 cm³/mol. The van der Waals surface area contributed by atoms with Crippen molar-refractivity contribution in [2.75, 3.05) is 0 Å². The second-order valence-corrected chi connectivity index (χ2v) is 3.74. The molecule has 0 N–H and O–H groups in total. The highest BCUT2D eigenvalue weighted by atomic mass is 79.9. The van der Waals surface area contributed by atoms with E-state index < -0.39 is 11.6 Å². The molecular weight excluding hydrogens is 282 g/mol. The Labute approximate surface area is 79.9 Å². The number of halogens is 4. The molecular formula is C7H4Br2F2. The Morgan fingerprint density at radius 3 is 2.36 bits per heavy atom. The summed E-state index contributed by atoms with van der Waals surface area (Å²) in [4.78, 5) is 0. The zero-order valence-corrected chi connectivity index (χ0v) is 8.76. The van der Waals surface area contributed by atoms with Crippen LogP contribution in [-0.2, 0) is 0 Å². The van der Waals surface area contributed by atoms with E-state index in [-0.39, 0.29) is 4.47 Å². The van der Waals surface area contributed by atoms with Gasteiger partial charge in [0, 0.05) is 4.47 Å². The SMILES string of the molecule is Cc1c(Br)cc(F)c(F)c1Br. The molecule has 0 saturated heterocycles. The lowest BCUT2D eigenvalue weighted by Gasteiger charge is -2.02. The van der Waals surface area contributed by atoms with Crippen molar-refractivity contribution in [2.45, 2.75) is 6.92 Å². The van der Waals surface area contributed by atoms with Gasteiger partial charge < -0.3 is 0 Å². The van der Waals surface area contributed by atoms with E-state index in [1.54, 1.807) is 6.92 Å². The van der Waals surface area contributed by atoms with E-state index >= 15 is 0 Å². The molecule has 0 aliphatic heterocycles. The van der Waals surface area contributed by atoms with Crippen LogP contribution < -0.4 is 0 Å². The summed E-state index contributed by atoms with van der Waals surface area (Å²) in [5, 5.41) is 0.